The number of methoxy groups -OCH3 is 1. The molecular weight excluding hydrogens is 434 g/mol. The van der Waals surface area contributed by atoms with E-state index >= 15 is 0 Å². The minimum atomic E-state index is -0.0811. The fraction of sp³-hybridized carbons (Fsp3) is 0.320. The number of nitrogens with one attached hydrogen (secondary N) is 1. The van der Waals surface area contributed by atoms with Crippen LogP contribution in [0.4, 0.5) is 5.69 Å². The smallest absolute Gasteiger partial charge is 0.234 e. The zero-order valence-electron chi connectivity index (χ0n) is 19.7. The highest BCUT2D eigenvalue weighted by Crippen LogP contribution is 2.32. The van der Waals surface area contributed by atoms with Crippen molar-refractivity contribution in [2.75, 3.05) is 18.2 Å². The van der Waals surface area contributed by atoms with Crippen molar-refractivity contribution in [3.63, 3.8) is 0 Å². The topological polar surface area (TPSA) is 74.0 Å². The van der Waals surface area contributed by atoms with Crippen LogP contribution < -0.4 is 10.1 Å². The molecule has 4 aromatic rings. The Kier molecular flexibility index (Phi) is 6.74. The minimum Gasteiger partial charge on any atom is -0.496 e. The summed E-state index contributed by atoms with van der Waals surface area (Å²) in [5, 5.41) is 13.8. The third kappa shape index (κ3) is 4.48. The van der Waals surface area contributed by atoms with Crippen LogP contribution >= 0.6 is 11.8 Å². The van der Waals surface area contributed by atoms with Gasteiger partial charge in [-0.15, -0.1) is 10.2 Å². The molecule has 7 nitrogen and oxygen atoms in total. The Bertz CT molecular complexity index is 1310. The van der Waals surface area contributed by atoms with E-state index in [2.05, 4.69) is 62.9 Å². The Balaban J connectivity index is 1.53. The number of carbonyl (C=O) groups is 1. The molecule has 8 heteroatoms. The Hall–Kier alpha value is -3.26. The van der Waals surface area contributed by atoms with Gasteiger partial charge in [0.2, 0.25) is 5.91 Å². The van der Waals surface area contributed by atoms with Crippen molar-refractivity contribution in [1.29, 1.82) is 0 Å². The van der Waals surface area contributed by atoms with Gasteiger partial charge in [-0.3, -0.25) is 4.79 Å². The summed E-state index contributed by atoms with van der Waals surface area (Å²) < 4.78 is 9.65. The van der Waals surface area contributed by atoms with Crippen LogP contribution in [0.3, 0.4) is 0 Å². The van der Waals surface area contributed by atoms with Crippen LogP contribution in [-0.2, 0) is 17.9 Å². The third-order valence-electron chi connectivity index (χ3n) is 5.75. The summed E-state index contributed by atoms with van der Waals surface area (Å²) >= 11 is 1.40. The van der Waals surface area contributed by atoms with Crippen LogP contribution in [0.15, 0.2) is 47.8 Å². The van der Waals surface area contributed by atoms with Crippen molar-refractivity contribution in [2.45, 2.75) is 45.9 Å². The van der Waals surface area contributed by atoms with Gasteiger partial charge in [-0.05, 0) is 57.0 Å². The van der Waals surface area contributed by atoms with Gasteiger partial charge in [-0.1, -0.05) is 30.0 Å². The molecular formula is C25H29N5O2S. The number of nitrogens with zero attached hydrogens (tertiary/aromatic N) is 4. The molecule has 2 aromatic heterocycles. The fourth-order valence-electron chi connectivity index (χ4n) is 4.03. The number of amides is 1. The lowest BCUT2D eigenvalue weighted by Gasteiger charge is -2.12. The predicted molar refractivity (Wildman–Crippen MR) is 134 cm³/mol. The van der Waals surface area contributed by atoms with Gasteiger partial charge in [0.05, 0.1) is 12.9 Å². The number of fused-ring (bicyclic) bond motifs is 1. The van der Waals surface area contributed by atoms with Crippen LogP contribution in [0, 0.1) is 13.8 Å². The molecule has 1 amide bonds. The number of hydrogen-bond donors (Lipinski definition) is 1. The number of rotatable bonds is 8. The molecule has 2 heterocycles. The highest BCUT2D eigenvalue weighted by atomic mass is 32.2. The molecule has 33 heavy (non-hydrogen) atoms. The van der Waals surface area contributed by atoms with Gasteiger partial charge in [-0.2, -0.15) is 0 Å². The Morgan fingerprint density at radius 1 is 1.09 bits per heavy atom. The SMILES string of the molecule is CCn1c(SCC(=O)Nc2cc(C)c(OC)cc2C)nnc1-c1cn(CC)c2ccccc12. The monoisotopic (exact) mass is 463 g/mol. The van der Waals surface area contributed by atoms with Crippen LogP contribution in [0.5, 0.6) is 5.75 Å². The standard InChI is InChI=1S/C25H29N5O2S/c1-6-29-14-19(18-10-8-9-11-21(18)29)24-27-28-25(30(24)7-2)33-15-23(31)26-20-12-17(4)22(32-5)13-16(20)3/h8-14H,6-7,15H2,1-5H3,(H,26,31). The largest absolute Gasteiger partial charge is 0.496 e. The van der Waals surface area contributed by atoms with E-state index < -0.39 is 0 Å². The Morgan fingerprint density at radius 2 is 1.88 bits per heavy atom. The maximum Gasteiger partial charge on any atom is 0.234 e. The number of ether oxygens (including phenoxy) is 1. The molecule has 4 rings (SSSR count). The normalized spacial score (nSPS) is 11.2. The second-order valence-corrected chi connectivity index (χ2v) is 8.81. The molecule has 0 fully saturated rings. The fourth-order valence-corrected chi connectivity index (χ4v) is 4.83. The van der Waals surface area contributed by atoms with E-state index in [9.17, 15) is 4.79 Å². The quantitative estimate of drug-likeness (QED) is 0.359. The van der Waals surface area contributed by atoms with Crippen molar-refractivity contribution in [3.05, 3.63) is 53.7 Å². The number of para-hydroxylation sites is 1. The lowest BCUT2D eigenvalue weighted by molar-refractivity contribution is -0.113. The molecule has 172 valence electrons. The highest BCUT2D eigenvalue weighted by Gasteiger charge is 2.19. The zero-order valence-corrected chi connectivity index (χ0v) is 20.5. The lowest BCUT2D eigenvalue weighted by atomic mass is 10.1. The number of thioether (sulfide) groups is 1. The first-order valence-corrected chi connectivity index (χ1v) is 12.0. The number of benzene rings is 2. The second-order valence-electron chi connectivity index (χ2n) is 7.87. The van der Waals surface area contributed by atoms with Crippen molar-refractivity contribution < 1.29 is 9.53 Å². The Morgan fingerprint density at radius 3 is 2.61 bits per heavy atom. The summed E-state index contributed by atoms with van der Waals surface area (Å²) in [4.78, 5) is 12.7. The number of aryl methyl sites for hydroxylation is 3. The third-order valence-corrected chi connectivity index (χ3v) is 6.72. The van der Waals surface area contributed by atoms with Gasteiger partial charge < -0.3 is 19.2 Å². The summed E-state index contributed by atoms with van der Waals surface area (Å²) in [5.41, 5.74) is 4.97. The molecule has 0 radical (unpaired) electrons. The zero-order chi connectivity index (χ0) is 23.5. The first kappa shape index (κ1) is 22.9. The predicted octanol–water partition coefficient (Wildman–Crippen LogP) is 5.30. The number of aromatic nitrogens is 4. The summed E-state index contributed by atoms with van der Waals surface area (Å²) in [6, 6.07) is 12.2. The van der Waals surface area contributed by atoms with Gasteiger partial charge in [0.1, 0.15) is 5.75 Å². The summed E-state index contributed by atoms with van der Waals surface area (Å²) in [5.74, 6) is 1.81. The van der Waals surface area contributed by atoms with E-state index in [0.717, 1.165) is 51.0 Å². The molecule has 2 aromatic carbocycles. The van der Waals surface area contributed by atoms with Crippen molar-refractivity contribution >= 4 is 34.3 Å². The molecule has 0 aliphatic rings. The average Bonchev–Trinajstić information content (AvgIpc) is 3.40. The molecule has 0 saturated heterocycles. The molecule has 0 spiro atoms. The van der Waals surface area contributed by atoms with Crippen LogP contribution in [0.2, 0.25) is 0 Å². The van der Waals surface area contributed by atoms with Crippen molar-refractivity contribution in [1.82, 2.24) is 19.3 Å². The van der Waals surface area contributed by atoms with E-state index in [0.29, 0.717) is 6.54 Å². The second kappa shape index (κ2) is 9.70. The van der Waals surface area contributed by atoms with Crippen molar-refractivity contribution in [2.24, 2.45) is 0 Å². The molecule has 0 unspecified atom stereocenters. The molecule has 0 aliphatic carbocycles. The van der Waals surface area contributed by atoms with E-state index in [1.165, 1.54) is 17.3 Å². The van der Waals surface area contributed by atoms with Gasteiger partial charge >= 0.3 is 0 Å². The number of carbonyl (C=O) groups excluding carboxylic acids is 1. The molecule has 0 aliphatic heterocycles. The van der Waals surface area contributed by atoms with E-state index in [1.54, 1.807) is 7.11 Å². The van der Waals surface area contributed by atoms with E-state index in [-0.39, 0.29) is 11.7 Å². The van der Waals surface area contributed by atoms with Crippen molar-refractivity contribution in [3.8, 4) is 17.1 Å². The lowest BCUT2D eigenvalue weighted by Crippen LogP contribution is -2.15. The number of anilines is 1. The molecule has 0 saturated carbocycles. The summed E-state index contributed by atoms with van der Waals surface area (Å²) in [6.07, 6.45) is 2.14. The Labute approximate surface area is 198 Å². The molecule has 0 bridgehead atoms. The molecule has 0 atom stereocenters. The van der Waals surface area contributed by atoms with Gasteiger partial charge in [0.25, 0.3) is 0 Å². The van der Waals surface area contributed by atoms with Gasteiger partial charge in [0.15, 0.2) is 11.0 Å². The minimum absolute atomic E-state index is 0.0811. The first-order valence-electron chi connectivity index (χ1n) is 11.1. The summed E-state index contributed by atoms with van der Waals surface area (Å²) in [6.45, 7) is 9.72. The maximum absolute atomic E-state index is 12.7. The molecule has 1 N–H and O–H groups in total. The van der Waals surface area contributed by atoms with Gasteiger partial charge in [0, 0.05) is 41.4 Å². The average molecular weight is 464 g/mol. The highest BCUT2D eigenvalue weighted by molar-refractivity contribution is 7.99. The van der Waals surface area contributed by atoms with Gasteiger partial charge in [-0.25, -0.2) is 0 Å². The summed E-state index contributed by atoms with van der Waals surface area (Å²) in [7, 11) is 1.65. The van der Waals surface area contributed by atoms with Crippen LogP contribution in [-0.4, -0.2) is 38.1 Å². The first-order chi connectivity index (χ1) is 16.0. The maximum atomic E-state index is 12.7. The van der Waals surface area contributed by atoms with E-state index in [1.807, 2.05) is 32.0 Å². The number of hydrogen-bond acceptors (Lipinski definition) is 5. The van der Waals surface area contributed by atoms with Crippen LogP contribution in [0.25, 0.3) is 22.3 Å². The van der Waals surface area contributed by atoms with Crippen LogP contribution in [0.1, 0.15) is 25.0 Å². The van der Waals surface area contributed by atoms with E-state index in [4.69, 9.17) is 4.74 Å².